The lowest BCUT2D eigenvalue weighted by Gasteiger charge is -2.14. The molecular formula is C22H17N9O2. The first-order valence-electron chi connectivity index (χ1n) is 9.72. The van der Waals surface area contributed by atoms with Crippen molar-refractivity contribution in [3.05, 3.63) is 84.6 Å². The molecule has 1 N–H and O–H groups in total. The van der Waals surface area contributed by atoms with E-state index in [1.54, 1.807) is 54.7 Å². The molecule has 162 valence electrons. The van der Waals surface area contributed by atoms with Crippen molar-refractivity contribution >= 4 is 17.4 Å². The Morgan fingerprint density at radius 1 is 1.09 bits per heavy atom. The van der Waals surface area contributed by atoms with Crippen LogP contribution in [-0.2, 0) is 4.79 Å². The van der Waals surface area contributed by atoms with Crippen LogP contribution in [0.4, 0.5) is 11.5 Å². The third-order valence-corrected chi connectivity index (χ3v) is 4.45. The van der Waals surface area contributed by atoms with Crippen LogP contribution in [0.2, 0.25) is 0 Å². The number of hydrogen-bond donors (Lipinski definition) is 1. The highest BCUT2D eigenvalue weighted by atomic mass is 16.5. The zero-order chi connectivity index (χ0) is 23.0. The zero-order valence-corrected chi connectivity index (χ0v) is 17.4. The number of amides is 1. The van der Waals surface area contributed by atoms with Crippen molar-refractivity contribution in [2.45, 2.75) is 6.04 Å². The number of ether oxygens (including phenoxy) is 1. The van der Waals surface area contributed by atoms with Crippen LogP contribution in [0.3, 0.4) is 0 Å². The highest BCUT2D eigenvalue weighted by Crippen LogP contribution is 2.28. The first-order chi connectivity index (χ1) is 16.2. The van der Waals surface area contributed by atoms with Gasteiger partial charge in [-0.15, -0.1) is 5.11 Å². The molecule has 0 aliphatic heterocycles. The highest BCUT2D eigenvalue weighted by Gasteiger charge is 2.24. The summed E-state index contributed by atoms with van der Waals surface area (Å²) in [5.74, 6) is 0.312. The van der Waals surface area contributed by atoms with Gasteiger partial charge in [-0.1, -0.05) is 18.2 Å². The summed E-state index contributed by atoms with van der Waals surface area (Å²) in [6, 6.07) is 14.7. The number of azo groups is 1. The maximum Gasteiger partial charge on any atom is 0.257 e. The fraction of sp³-hybridized carbons (Fsp3) is 0.0909. The van der Waals surface area contributed by atoms with Crippen LogP contribution in [0.5, 0.6) is 5.75 Å². The van der Waals surface area contributed by atoms with Crippen molar-refractivity contribution in [2.75, 3.05) is 12.4 Å². The zero-order valence-electron chi connectivity index (χ0n) is 17.4. The fourth-order valence-corrected chi connectivity index (χ4v) is 2.91. The third-order valence-electron chi connectivity index (χ3n) is 4.45. The van der Waals surface area contributed by atoms with Crippen molar-refractivity contribution in [1.29, 1.82) is 5.26 Å². The molecule has 1 amide bonds. The van der Waals surface area contributed by atoms with Gasteiger partial charge in [-0.05, 0) is 30.3 Å². The normalized spacial score (nSPS) is 11.6. The van der Waals surface area contributed by atoms with Crippen molar-refractivity contribution in [3.8, 4) is 17.8 Å². The van der Waals surface area contributed by atoms with E-state index >= 15 is 0 Å². The van der Waals surface area contributed by atoms with Gasteiger partial charge in [-0.2, -0.15) is 20.2 Å². The van der Waals surface area contributed by atoms with Gasteiger partial charge < -0.3 is 10.1 Å². The van der Waals surface area contributed by atoms with Crippen LogP contribution in [0.25, 0.3) is 5.95 Å². The van der Waals surface area contributed by atoms with Gasteiger partial charge in [-0.25, -0.2) is 9.97 Å². The van der Waals surface area contributed by atoms with E-state index in [2.05, 4.69) is 35.6 Å². The molecular weight excluding hydrogens is 422 g/mol. The lowest BCUT2D eigenvalue weighted by atomic mass is 10.1. The number of carbonyl (C=O) groups is 1. The van der Waals surface area contributed by atoms with Gasteiger partial charge in [-0.3, -0.25) is 9.78 Å². The van der Waals surface area contributed by atoms with E-state index < -0.39 is 11.9 Å². The Bertz CT molecular complexity index is 1310. The van der Waals surface area contributed by atoms with E-state index in [-0.39, 0.29) is 17.3 Å². The number of aromatic nitrogens is 5. The standard InChI is InChI=1S/C22H17N9O2/c1-33-18-9-3-2-7-16(18)28-21(32)19(17-8-4-5-10-24-17)29-30-20-15(13-23)14-27-31(20)22-25-11-6-12-26-22/h2-12,14,19H,1H3,(H,28,32). The van der Waals surface area contributed by atoms with Gasteiger partial charge in [0, 0.05) is 18.6 Å². The number of nitrogens with one attached hydrogen (secondary N) is 1. The minimum Gasteiger partial charge on any atom is -0.495 e. The average Bonchev–Trinajstić information content (AvgIpc) is 3.28. The number of nitrogens with zero attached hydrogens (tertiary/aromatic N) is 8. The second-order valence-electron chi connectivity index (χ2n) is 6.52. The molecule has 33 heavy (non-hydrogen) atoms. The number of anilines is 1. The Morgan fingerprint density at radius 2 is 1.85 bits per heavy atom. The number of para-hydroxylation sites is 2. The Balaban J connectivity index is 1.71. The second kappa shape index (κ2) is 9.88. The van der Waals surface area contributed by atoms with Gasteiger partial charge in [0.25, 0.3) is 11.9 Å². The van der Waals surface area contributed by atoms with Crippen LogP contribution in [0, 0.1) is 11.3 Å². The number of carbonyl (C=O) groups excluding carboxylic acids is 1. The predicted octanol–water partition coefficient (Wildman–Crippen LogP) is 3.40. The molecule has 4 rings (SSSR count). The molecule has 0 spiro atoms. The maximum atomic E-state index is 13.2. The molecule has 11 nitrogen and oxygen atoms in total. The summed E-state index contributed by atoms with van der Waals surface area (Å²) in [5.41, 5.74) is 0.992. The molecule has 1 unspecified atom stereocenters. The molecule has 0 radical (unpaired) electrons. The lowest BCUT2D eigenvalue weighted by Crippen LogP contribution is -2.20. The smallest absolute Gasteiger partial charge is 0.257 e. The van der Waals surface area contributed by atoms with Crippen LogP contribution in [0.1, 0.15) is 17.3 Å². The molecule has 0 saturated carbocycles. The average molecular weight is 439 g/mol. The molecule has 3 heterocycles. The number of nitriles is 1. The van der Waals surface area contributed by atoms with Crippen molar-refractivity contribution in [2.24, 2.45) is 10.2 Å². The first kappa shape index (κ1) is 21.3. The highest BCUT2D eigenvalue weighted by molar-refractivity contribution is 5.96. The molecule has 3 aromatic heterocycles. The van der Waals surface area contributed by atoms with E-state index in [4.69, 9.17) is 4.74 Å². The van der Waals surface area contributed by atoms with Gasteiger partial charge in [0.1, 0.15) is 17.4 Å². The van der Waals surface area contributed by atoms with Crippen LogP contribution in [0.15, 0.2) is 83.5 Å². The van der Waals surface area contributed by atoms with Crippen LogP contribution in [-0.4, -0.2) is 37.7 Å². The van der Waals surface area contributed by atoms with E-state index in [9.17, 15) is 10.1 Å². The summed E-state index contributed by atoms with van der Waals surface area (Å²) in [5, 5.41) is 24.8. The minimum absolute atomic E-state index is 0.0923. The Morgan fingerprint density at radius 3 is 2.58 bits per heavy atom. The second-order valence-corrected chi connectivity index (χ2v) is 6.52. The topological polar surface area (TPSA) is 143 Å². The maximum absolute atomic E-state index is 13.2. The van der Waals surface area contributed by atoms with Crippen molar-refractivity contribution < 1.29 is 9.53 Å². The van der Waals surface area contributed by atoms with E-state index in [1.165, 1.54) is 30.4 Å². The number of methoxy groups -OCH3 is 1. The Hall–Kier alpha value is -4.98. The number of hydrogen-bond acceptors (Lipinski definition) is 9. The summed E-state index contributed by atoms with van der Waals surface area (Å²) in [6.07, 6.45) is 5.95. The minimum atomic E-state index is -1.11. The molecule has 11 heteroatoms. The summed E-state index contributed by atoms with van der Waals surface area (Å²) in [4.78, 5) is 25.7. The van der Waals surface area contributed by atoms with Crippen LogP contribution >= 0.6 is 0 Å². The third kappa shape index (κ3) is 4.70. The van der Waals surface area contributed by atoms with Crippen LogP contribution < -0.4 is 10.1 Å². The molecule has 4 aromatic rings. The monoisotopic (exact) mass is 439 g/mol. The predicted molar refractivity (Wildman–Crippen MR) is 117 cm³/mol. The van der Waals surface area contributed by atoms with Crippen molar-refractivity contribution in [1.82, 2.24) is 24.7 Å². The SMILES string of the molecule is COc1ccccc1NC(=O)C(N=Nc1c(C#N)cnn1-c1ncccn1)c1ccccn1. The molecule has 0 bridgehead atoms. The first-order valence-corrected chi connectivity index (χ1v) is 9.72. The summed E-state index contributed by atoms with van der Waals surface area (Å²) < 4.78 is 6.57. The van der Waals surface area contributed by atoms with Gasteiger partial charge in [0.05, 0.1) is 24.7 Å². The molecule has 1 atom stereocenters. The number of rotatable bonds is 7. The number of benzene rings is 1. The molecule has 0 fully saturated rings. The van der Waals surface area contributed by atoms with Crippen molar-refractivity contribution in [3.63, 3.8) is 0 Å². The summed E-state index contributed by atoms with van der Waals surface area (Å²) in [7, 11) is 1.51. The quantitative estimate of drug-likeness (QED) is 0.435. The Kier molecular flexibility index (Phi) is 6.37. The molecule has 0 aliphatic rings. The van der Waals surface area contributed by atoms with E-state index in [0.29, 0.717) is 17.1 Å². The lowest BCUT2D eigenvalue weighted by molar-refractivity contribution is -0.117. The van der Waals surface area contributed by atoms with Gasteiger partial charge in [0.15, 0.2) is 11.9 Å². The van der Waals surface area contributed by atoms with Gasteiger partial charge in [0.2, 0.25) is 0 Å². The molecule has 0 aliphatic carbocycles. The Labute approximate surface area is 188 Å². The molecule has 1 aromatic carbocycles. The van der Waals surface area contributed by atoms with E-state index in [0.717, 1.165) is 0 Å². The summed E-state index contributed by atoms with van der Waals surface area (Å²) in [6.45, 7) is 0. The van der Waals surface area contributed by atoms with Gasteiger partial charge >= 0.3 is 0 Å². The number of pyridine rings is 1. The largest absolute Gasteiger partial charge is 0.495 e. The van der Waals surface area contributed by atoms with E-state index in [1.807, 2.05) is 6.07 Å². The fourth-order valence-electron chi connectivity index (χ4n) is 2.91. The molecule has 0 saturated heterocycles. The summed E-state index contributed by atoms with van der Waals surface area (Å²) >= 11 is 0.